The standard InChI is InChI=1S/C13H11FN4S/c1-19-13-11(6-15)12(17-8-18-13)16-7-9-2-4-10(14)5-3-9/h2-5,8H,7H2,1H3,(H,16,17,18). The molecule has 0 unspecified atom stereocenters. The molecule has 1 heterocycles. The summed E-state index contributed by atoms with van der Waals surface area (Å²) in [6.07, 6.45) is 3.27. The first kappa shape index (κ1) is 13.3. The van der Waals surface area contributed by atoms with Crippen LogP contribution in [0.5, 0.6) is 0 Å². The zero-order valence-corrected chi connectivity index (χ0v) is 11.0. The van der Waals surface area contributed by atoms with Crippen LogP contribution >= 0.6 is 11.8 Å². The summed E-state index contributed by atoms with van der Waals surface area (Å²) < 4.78 is 12.8. The Labute approximate surface area is 114 Å². The number of aromatic nitrogens is 2. The number of nitrogens with zero attached hydrogens (tertiary/aromatic N) is 3. The quantitative estimate of drug-likeness (QED) is 0.686. The Kier molecular flexibility index (Phi) is 4.31. The molecule has 0 bridgehead atoms. The molecule has 0 atom stereocenters. The van der Waals surface area contributed by atoms with Crippen molar-refractivity contribution in [1.82, 2.24) is 9.97 Å². The van der Waals surface area contributed by atoms with Crippen LogP contribution in [-0.4, -0.2) is 16.2 Å². The fourth-order valence-electron chi connectivity index (χ4n) is 1.55. The van der Waals surface area contributed by atoms with Crippen molar-refractivity contribution in [3.63, 3.8) is 0 Å². The van der Waals surface area contributed by atoms with Crippen LogP contribution in [0.15, 0.2) is 35.6 Å². The Balaban J connectivity index is 2.16. The Morgan fingerprint density at radius 3 is 2.68 bits per heavy atom. The zero-order valence-electron chi connectivity index (χ0n) is 10.2. The maximum Gasteiger partial charge on any atom is 0.148 e. The van der Waals surface area contributed by atoms with E-state index in [1.54, 1.807) is 12.1 Å². The molecule has 1 aromatic carbocycles. The zero-order chi connectivity index (χ0) is 13.7. The second kappa shape index (κ2) is 6.16. The molecular formula is C13H11FN4S. The van der Waals surface area contributed by atoms with Crippen molar-refractivity contribution in [2.45, 2.75) is 11.6 Å². The van der Waals surface area contributed by atoms with Crippen molar-refractivity contribution in [3.05, 3.63) is 47.5 Å². The minimum Gasteiger partial charge on any atom is -0.365 e. The van der Waals surface area contributed by atoms with E-state index >= 15 is 0 Å². The van der Waals surface area contributed by atoms with Gasteiger partial charge >= 0.3 is 0 Å². The molecular weight excluding hydrogens is 263 g/mol. The van der Waals surface area contributed by atoms with Crippen LogP contribution in [0.25, 0.3) is 0 Å². The van der Waals surface area contributed by atoms with Crippen molar-refractivity contribution in [3.8, 4) is 6.07 Å². The van der Waals surface area contributed by atoms with Gasteiger partial charge in [-0.2, -0.15) is 5.26 Å². The van der Waals surface area contributed by atoms with Gasteiger partial charge in [0.15, 0.2) is 0 Å². The SMILES string of the molecule is CSc1ncnc(NCc2ccc(F)cc2)c1C#N. The van der Waals surface area contributed by atoms with Crippen molar-refractivity contribution in [1.29, 1.82) is 5.26 Å². The number of hydrogen-bond donors (Lipinski definition) is 1. The molecule has 0 fully saturated rings. The second-order valence-electron chi connectivity index (χ2n) is 3.70. The van der Waals surface area contributed by atoms with Crippen LogP contribution in [0, 0.1) is 17.1 Å². The summed E-state index contributed by atoms with van der Waals surface area (Å²) in [4.78, 5) is 8.09. The van der Waals surface area contributed by atoms with Gasteiger partial charge in [-0.25, -0.2) is 14.4 Å². The normalized spacial score (nSPS) is 9.95. The molecule has 0 saturated carbocycles. The number of rotatable bonds is 4. The van der Waals surface area contributed by atoms with Gasteiger partial charge in [0.2, 0.25) is 0 Å². The number of halogens is 1. The predicted molar refractivity (Wildman–Crippen MR) is 72.3 cm³/mol. The highest BCUT2D eigenvalue weighted by molar-refractivity contribution is 7.98. The molecule has 6 heteroatoms. The summed E-state index contributed by atoms with van der Waals surface area (Å²) in [5, 5.41) is 12.8. The molecule has 1 N–H and O–H groups in total. The van der Waals surface area contributed by atoms with Crippen molar-refractivity contribution in [2.75, 3.05) is 11.6 Å². The molecule has 0 aliphatic rings. The van der Waals surface area contributed by atoms with Crippen LogP contribution in [-0.2, 0) is 6.54 Å². The molecule has 0 spiro atoms. The van der Waals surface area contributed by atoms with E-state index in [-0.39, 0.29) is 5.82 Å². The number of nitrogens with one attached hydrogen (secondary N) is 1. The molecule has 96 valence electrons. The van der Waals surface area contributed by atoms with Crippen LogP contribution in [0.3, 0.4) is 0 Å². The van der Waals surface area contributed by atoms with Gasteiger partial charge < -0.3 is 5.32 Å². The van der Waals surface area contributed by atoms with Gasteiger partial charge in [-0.3, -0.25) is 0 Å². The summed E-state index contributed by atoms with van der Waals surface area (Å²) in [7, 11) is 0. The largest absolute Gasteiger partial charge is 0.365 e. The smallest absolute Gasteiger partial charge is 0.148 e. The van der Waals surface area contributed by atoms with Gasteiger partial charge in [-0.05, 0) is 24.0 Å². The van der Waals surface area contributed by atoms with Crippen LogP contribution in [0.2, 0.25) is 0 Å². The lowest BCUT2D eigenvalue weighted by molar-refractivity contribution is 0.627. The molecule has 2 aromatic rings. The first-order chi connectivity index (χ1) is 9.24. The lowest BCUT2D eigenvalue weighted by Crippen LogP contribution is -2.05. The molecule has 0 aliphatic carbocycles. The molecule has 4 nitrogen and oxygen atoms in total. The molecule has 0 amide bonds. The van der Waals surface area contributed by atoms with Gasteiger partial charge in [-0.1, -0.05) is 12.1 Å². The average Bonchev–Trinajstić information content (AvgIpc) is 2.46. The maximum absolute atomic E-state index is 12.8. The van der Waals surface area contributed by atoms with E-state index < -0.39 is 0 Å². The van der Waals surface area contributed by atoms with E-state index in [1.165, 1.54) is 30.2 Å². The minimum atomic E-state index is -0.270. The molecule has 19 heavy (non-hydrogen) atoms. The highest BCUT2D eigenvalue weighted by Gasteiger charge is 2.09. The lowest BCUT2D eigenvalue weighted by atomic mass is 10.2. The van der Waals surface area contributed by atoms with Crippen LogP contribution in [0.1, 0.15) is 11.1 Å². The van der Waals surface area contributed by atoms with Crippen molar-refractivity contribution < 1.29 is 4.39 Å². The van der Waals surface area contributed by atoms with Gasteiger partial charge in [0, 0.05) is 6.54 Å². The van der Waals surface area contributed by atoms with Crippen LogP contribution in [0.4, 0.5) is 10.2 Å². The third-order valence-corrected chi connectivity index (χ3v) is 3.19. The van der Waals surface area contributed by atoms with E-state index in [4.69, 9.17) is 5.26 Å². The highest BCUT2D eigenvalue weighted by atomic mass is 32.2. The fourth-order valence-corrected chi connectivity index (χ4v) is 2.05. The number of anilines is 1. The first-order valence-corrected chi connectivity index (χ1v) is 6.74. The topological polar surface area (TPSA) is 61.6 Å². The Bertz CT molecular complexity index is 607. The number of benzene rings is 1. The van der Waals surface area contributed by atoms with E-state index in [9.17, 15) is 4.39 Å². The Morgan fingerprint density at radius 1 is 1.32 bits per heavy atom. The summed E-state index contributed by atoms with van der Waals surface area (Å²) in [5.41, 5.74) is 1.34. The van der Waals surface area contributed by atoms with Crippen molar-refractivity contribution >= 4 is 17.6 Å². The number of nitriles is 1. The van der Waals surface area contributed by atoms with Gasteiger partial charge in [0.25, 0.3) is 0 Å². The molecule has 2 rings (SSSR count). The molecule has 1 aromatic heterocycles. The van der Waals surface area contributed by atoms with E-state index in [2.05, 4.69) is 21.4 Å². The van der Waals surface area contributed by atoms with Gasteiger partial charge in [-0.15, -0.1) is 11.8 Å². The summed E-state index contributed by atoms with van der Waals surface area (Å²) in [5.74, 6) is 0.222. The Morgan fingerprint density at radius 2 is 2.05 bits per heavy atom. The van der Waals surface area contributed by atoms with Gasteiger partial charge in [0.1, 0.15) is 34.6 Å². The maximum atomic E-state index is 12.8. The average molecular weight is 274 g/mol. The lowest BCUT2D eigenvalue weighted by Gasteiger charge is -2.08. The van der Waals surface area contributed by atoms with Crippen LogP contribution < -0.4 is 5.32 Å². The number of thioether (sulfide) groups is 1. The van der Waals surface area contributed by atoms with Crippen molar-refractivity contribution in [2.24, 2.45) is 0 Å². The summed E-state index contributed by atoms with van der Waals surface area (Å²) >= 11 is 1.39. The number of hydrogen-bond acceptors (Lipinski definition) is 5. The third-order valence-electron chi connectivity index (χ3n) is 2.49. The summed E-state index contributed by atoms with van der Waals surface area (Å²) in [6, 6.07) is 8.26. The van der Waals surface area contributed by atoms with E-state index in [1.807, 2.05) is 6.26 Å². The monoisotopic (exact) mass is 274 g/mol. The molecule has 0 saturated heterocycles. The second-order valence-corrected chi connectivity index (χ2v) is 4.49. The molecule has 0 radical (unpaired) electrons. The third kappa shape index (κ3) is 3.20. The van der Waals surface area contributed by atoms with Gasteiger partial charge in [0.05, 0.1) is 0 Å². The fraction of sp³-hybridized carbons (Fsp3) is 0.154. The van der Waals surface area contributed by atoms with E-state index in [0.717, 1.165) is 5.56 Å². The minimum absolute atomic E-state index is 0.270. The van der Waals surface area contributed by atoms with E-state index in [0.29, 0.717) is 23.0 Å². The first-order valence-electron chi connectivity index (χ1n) is 5.52. The highest BCUT2D eigenvalue weighted by Crippen LogP contribution is 2.22. The molecule has 0 aliphatic heterocycles. The summed E-state index contributed by atoms with van der Waals surface area (Å²) in [6.45, 7) is 0.472. The predicted octanol–water partition coefficient (Wildman–Crippen LogP) is 2.82. The Hall–Kier alpha value is -2.13.